The molecule has 0 aliphatic heterocycles. The molecule has 0 spiro atoms. The van der Waals surface area contributed by atoms with Crippen molar-refractivity contribution in [3.63, 3.8) is 0 Å². The topological polar surface area (TPSA) is 83.6 Å². The summed E-state index contributed by atoms with van der Waals surface area (Å²) in [6.45, 7) is 1.91. The van der Waals surface area contributed by atoms with E-state index in [-0.39, 0.29) is 5.82 Å². The third-order valence-electron chi connectivity index (χ3n) is 4.23. The van der Waals surface area contributed by atoms with Gasteiger partial charge in [0.1, 0.15) is 0 Å². The van der Waals surface area contributed by atoms with Crippen LogP contribution in [0.15, 0.2) is 72.9 Å². The first kappa shape index (κ1) is 16.7. The molecule has 2 aromatic heterocycles. The standard InChI is InChI=1S/C21H17N5O/c1-14-18(16-10-6-3-7-11-16)25-26-19(14)24-21(27)20-22-13-12-17(23-20)15-8-4-2-5-9-15/h2-13H,1H3,(H2,24,25,26,27). The lowest BCUT2D eigenvalue weighted by atomic mass is 10.1. The summed E-state index contributed by atoms with van der Waals surface area (Å²) in [4.78, 5) is 21.1. The number of aromatic amines is 1. The van der Waals surface area contributed by atoms with Gasteiger partial charge in [0, 0.05) is 17.3 Å². The molecule has 0 fully saturated rings. The number of aromatic nitrogens is 4. The number of nitrogens with one attached hydrogen (secondary N) is 2. The van der Waals surface area contributed by atoms with Crippen molar-refractivity contribution in [2.45, 2.75) is 6.92 Å². The monoisotopic (exact) mass is 355 g/mol. The molecule has 0 bridgehead atoms. The van der Waals surface area contributed by atoms with E-state index >= 15 is 0 Å². The van der Waals surface area contributed by atoms with E-state index in [1.807, 2.05) is 67.6 Å². The maximum absolute atomic E-state index is 12.6. The van der Waals surface area contributed by atoms with Crippen LogP contribution in [0, 0.1) is 6.92 Å². The zero-order valence-corrected chi connectivity index (χ0v) is 14.7. The minimum Gasteiger partial charge on any atom is -0.302 e. The number of hydrogen-bond donors (Lipinski definition) is 2. The van der Waals surface area contributed by atoms with Gasteiger partial charge in [0.15, 0.2) is 5.82 Å². The summed E-state index contributed by atoms with van der Waals surface area (Å²) in [5.74, 6) is 0.162. The average Bonchev–Trinajstić information content (AvgIpc) is 3.09. The van der Waals surface area contributed by atoms with Crippen molar-refractivity contribution in [3.8, 4) is 22.5 Å². The van der Waals surface area contributed by atoms with Crippen molar-refractivity contribution < 1.29 is 4.79 Å². The molecule has 4 rings (SSSR count). The van der Waals surface area contributed by atoms with Crippen LogP contribution in [-0.4, -0.2) is 26.1 Å². The molecule has 0 aliphatic carbocycles. The minimum atomic E-state index is -0.401. The summed E-state index contributed by atoms with van der Waals surface area (Å²) in [5, 5.41) is 9.99. The lowest BCUT2D eigenvalue weighted by molar-refractivity contribution is 0.101. The molecular weight excluding hydrogens is 338 g/mol. The second-order valence-corrected chi connectivity index (χ2v) is 6.02. The molecular formula is C21H17N5O. The van der Waals surface area contributed by atoms with Gasteiger partial charge in [-0.3, -0.25) is 9.89 Å². The number of rotatable bonds is 4. The molecule has 4 aromatic rings. The third kappa shape index (κ3) is 3.46. The van der Waals surface area contributed by atoms with Crippen molar-refractivity contribution >= 4 is 11.7 Å². The Morgan fingerprint density at radius 2 is 1.59 bits per heavy atom. The van der Waals surface area contributed by atoms with Gasteiger partial charge in [-0.2, -0.15) is 5.10 Å². The van der Waals surface area contributed by atoms with Gasteiger partial charge in [-0.1, -0.05) is 60.7 Å². The van der Waals surface area contributed by atoms with Gasteiger partial charge in [-0.15, -0.1) is 0 Å². The van der Waals surface area contributed by atoms with Crippen molar-refractivity contribution in [2.24, 2.45) is 0 Å². The SMILES string of the molecule is Cc1c(NC(=O)c2nccc(-c3ccccc3)n2)n[nH]c1-c1ccccc1. The van der Waals surface area contributed by atoms with Crippen LogP contribution in [0.3, 0.4) is 0 Å². The normalized spacial score (nSPS) is 10.6. The number of anilines is 1. The van der Waals surface area contributed by atoms with E-state index < -0.39 is 5.91 Å². The Bertz CT molecular complexity index is 1070. The molecule has 132 valence electrons. The van der Waals surface area contributed by atoms with Gasteiger partial charge < -0.3 is 5.32 Å². The molecule has 0 unspecified atom stereocenters. The van der Waals surface area contributed by atoms with E-state index in [9.17, 15) is 4.79 Å². The Morgan fingerprint density at radius 1 is 0.926 bits per heavy atom. The number of benzene rings is 2. The van der Waals surface area contributed by atoms with Gasteiger partial charge in [-0.05, 0) is 18.6 Å². The van der Waals surface area contributed by atoms with Crippen LogP contribution >= 0.6 is 0 Å². The molecule has 0 atom stereocenters. The van der Waals surface area contributed by atoms with Crippen molar-refractivity contribution in [3.05, 3.63) is 84.3 Å². The fourth-order valence-electron chi connectivity index (χ4n) is 2.81. The van der Waals surface area contributed by atoms with Gasteiger partial charge >= 0.3 is 0 Å². The molecule has 0 aliphatic rings. The van der Waals surface area contributed by atoms with Crippen LogP contribution in [0.1, 0.15) is 16.2 Å². The average molecular weight is 355 g/mol. The number of amides is 1. The Morgan fingerprint density at radius 3 is 2.30 bits per heavy atom. The zero-order chi connectivity index (χ0) is 18.6. The molecule has 6 nitrogen and oxygen atoms in total. The zero-order valence-electron chi connectivity index (χ0n) is 14.7. The van der Waals surface area contributed by atoms with E-state index in [2.05, 4.69) is 25.5 Å². The van der Waals surface area contributed by atoms with E-state index in [0.717, 1.165) is 22.4 Å². The summed E-state index contributed by atoms with van der Waals surface area (Å²) in [5.41, 5.74) is 4.35. The maximum Gasteiger partial charge on any atom is 0.294 e. The Kier molecular flexibility index (Phi) is 4.45. The second-order valence-electron chi connectivity index (χ2n) is 6.02. The predicted molar refractivity (Wildman–Crippen MR) is 104 cm³/mol. The van der Waals surface area contributed by atoms with E-state index in [1.54, 1.807) is 12.3 Å². The summed E-state index contributed by atoms with van der Waals surface area (Å²) >= 11 is 0. The summed E-state index contributed by atoms with van der Waals surface area (Å²) in [7, 11) is 0. The van der Waals surface area contributed by atoms with Crippen LogP contribution in [0.5, 0.6) is 0 Å². The van der Waals surface area contributed by atoms with E-state index in [0.29, 0.717) is 11.5 Å². The van der Waals surface area contributed by atoms with Crippen molar-refractivity contribution in [1.82, 2.24) is 20.2 Å². The van der Waals surface area contributed by atoms with Crippen molar-refractivity contribution in [2.75, 3.05) is 5.32 Å². The largest absolute Gasteiger partial charge is 0.302 e. The summed E-state index contributed by atoms with van der Waals surface area (Å²) in [6.07, 6.45) is 1.58. The number of carbonyl (C=O) groups is 1. The fourth-order valence-corrected chi connectivity index (χ4v) is 2.81. The highest BCUT2D eigenvalue weighted by Gasteiger charge is 2.16. The van der Waals surface area contributed by atoms with E-state index in [4.69, 9.17) is 0 Å². The first-order chi connectivity index (χ1) is 13.2. The maximum atomic E-state index is 12.6. The first-order valence-electron chi connectivity index (χ1n) is 8.52. The fraction of sp³-hybridized carbons (Fsp3) is 0.0476. The second kappa shape index (κ2) is 7.21. The molecule has 2 heterocycles. The van der Waals surface area contributed by atoms with Crippen LogP contribution in [-0.2, 0) is 0 Å². The third-order valence-corrected chi connectivity index (χ3v) is 4.23. The van der Waals surface area contributed by atoms with E-state index in [1.165, 1.54) is 0 Å². The highest BCUT2D eigenvalue weighted by molar-refractivity contribution is 6.02. The predicted octanol–water partition coefficient (Wildman–Crippen LogP) is 4.09. The van der Waals surface area contributed by atoms with Gasteiger partial charge in [0.05, 0.1) is 11.4 Å². The molecule has 27 heavy (non-hydrogen) atoms. The number of hydrogen-bond acceptors (Lipinski definition) is 4. The molecule has 2 N–H and O–H groups in total. The molecule has 1 amide bonds. The molecule has 0 radical (unpaired) electrons. The first-order valence-corrected chi connectivity index (χ1v) is 8.52. The van der Waals surface area contributed by atoms with Crippen molar-refractivity contribution in [1.29, 1.82) is 0 Å². The smallest absolute Gasteiger partial charge is 0.294 e. The molecule has 2 aromatic carbocycles. The Hall–Kier alpha value is -3.80. The minimum absolute atomic E-state index is 0.0972. The van der Waals surface area contributed by atoms with Crippen LogP contribution in [0.2, 0.25) is 0 Å². The molecule has 6 heteroatoms. The lowest BCUT2D eigenvalue weighted by Crippen LogP contribution is -2.16. The Balaban J connectivity index is 1.58. The quantitative estimate of drug-likeness (QED) is 0.577. The highest BCUT2D eigenvalue weighted by Crippen LogP contribution is 2.25. The van der Waals surface area contributed by atoms with Crippen LogP contribution in [0.25, 0.3) is 22.5 Å². The molecule has 0 saturated heterocycles. The number of carbonyl (C=O) groups excluding carboxylic acids is 1. The van der Waals surface area contributed by atoms with Crippen LogP contribution in [0.4, 0.5) is 5.82 Å². The van der Waals surface area contributed by atoms with Gasteiger partial charge in [-0.25, -0.2) is 9.97 Å². The van der Waals surface area contributed by atoms with Crippen LogP contribution < -0.4 is 5.32 Å². The number of H-pyrrole nitrogens is 1. The summed E-state index contributed by atoms with van der Waals surface area (Å²) < 4.78 is 0. The highest BCUT2D eigenvalue weighted by atomic mass is 16.2. The summed E-state index contributed by atoms with van der Waals surface area (Å²) in [6, 6.07) is 21.3. The Labute approximate surface area is 156 Å². The van der Waals surface area contributed by atoms with Gasteiger partial charge in [0.25, 0.3) is 5.91 Å². The lowest BCUT2D eigenvalue weighted by Gasteiger charge is -2.05. The molecule has 0 saturated carbocycles. The number of nitrogens with zero attached hydrogens (tertiary/aromatic N) is 3. The van der Waals surface area contributed by atoms with Gasteiger partial charge in [0.2, 0.25) is 5.82 Å².